The Morgan fingerprint density at radius 3 is 2.81 bits per heavy atom. The largest absolute Gasteiger partial charge is 0.480 e. The van der Waals surface area contributed by atoms with E-state index in [1.165, 1.54) is 0 Å². The SMILES string of the molecule is COCCCC(NC(=O)N1CCCCC1CCO)C(=O)O. The van der Waals surface area contributed by atoms with Crippen LogP contribution in [-0.2, 0) is 9.53 Å². The van der Waals surface area contributed by atoms with Crippen LogP contribution in [0, 0.1) is 0 Å². The summed E-state index contributed by atoms with van der Waals surface area (Å²) in [7, 11) is 1.56. The van der Waals surface area contributed by atoms with E-state index in [-0.39, 0.29) is 18.7 Å². The number of aliphatic carboxylic acids is 1. The molecule has 0 spiro atoms. The number of rotatable bonds is 8. The van der Waals surface area contributed by atoms with Crippen molar-refractivity contribution in [1.82, 2.24) is 10.2 Å². The summed E-state index contributed by atoms with van der Waals surface area (Å²) in [5.74, 6) is -1.03. The van der Waals surface area contributed by atoms with Crippen LogP contribution in [0.15, 0.2) is 0 Å². The first-order valence-corrected chi connectivity index (χ1v) is 7.50. The monoisotopic (exact) mass is 302 g/mol. The molecule has 7 heteroatoms. The number of aliphatic hydroxyl groups is 1. The van der Waals surface area contributed by atoms with E-state index in [2.05, 4.69) is 5.32 Å². The normalized spacial score (nSPS) is 20.1. The van der Waals surface area contributed by atoms with Gasteiger partial charge >= 0.3 is 12.0 Å². The van der Waals surface area contributed by atoms with Crippen LogP contribution >= 0.6 is 0 Å². The summed E-state index contributed by atoms with van der Waals surface area (Å²) in [6.07, 6.45) is 4.26. The van der Waals surface area contributed by atoms with Crippen LogP contribution in [0.3, 0.4) is 0 Å². The van der Waals surface area contributed by atoms with Gasteiger partial charge in [-0.1, -0.05) is 0 Å². The van der Waals surface area contributed by atoms with Crippen molar-refractivity contribution in [2.45, 2.75) is 50.6 Å². The predicted molar refractivity (Wildman–Crippen MR) is 77.1 cm³/mol. The first-order chi connectivity index (χ1) is 10.1. The van der Waals surface area contributed by atoms with Crippen LogP contribution < -0.4 is 5.32 Å². The van der Waals surface area contributed by atoms with E-state index in [1.807, 2.05) is 0 Å². The number of likely N-dealkylation sites (tertiary alicyclic amines) is 1. The van der Waals surface area contributed by atoms with Gasteiger partial charge in [-0.15, -0.1) is 0 Å². The first kappa shape index (κ1) is 17.7. The van der Waals surface area contributed by atoms with Gasteiger partial charge in [0.25, 0.3) is 0 Å². The minimum atomic E-state index is -1.03. The summed E-state index contributed by atoms with van der Waals surface area (Å²) in [6.45, 7) is 1.11. The molecule has 2 amide bonds. The van der Waals surface area contributed by atoms with Crippen molar-refractivity contribution < 1.29 is 24.5 Å². The number of carboxylic acids is 1. The van der Waals surface area contributed by atoms with Crippen molar-refractivity contribution in [2.24, 2.45) is 0 Å². The number of methoxy groups -OCH3 is 1. The maximum absolute atomic E-state index is 12.3. The smallest absolute Gasteiger partial charge is 0.326 e. The zero-order chi connectivity index (χ0) is 15.7. The van der Waals surface area contributed by atoms with E-state index >= 15 is 0 Å². The molecular weight excluding hydrogens is 276 g/mol. The molecule has 2 unspecified atom stereocenters. The molecule has 0 bridgehead atoms. The molecule has 122 valence electrons. The minimum absolute atomic E-state index is 0.00262. The van der Waals surface area contributed by atoms with Gasteiger partial charge in [0, 0.05) is 32.9 Å². The Hall–Kier alpha value is -1.34. The van der Waals surface area contributed by atoms with E-state index < -0.39 is 12.0 Å². The van der Waals surface area contributed by atoms with Gasteiger partial charge in [0.1, 0.15) is 6.04 Å². The molecule has 1 rings (SSSR count). The maximum Gasteiger partial charge on any atom is 0.326 e. The Balaban J connectivity index is 2.55. The number of hydrogen-bond acceptors (Lipinski definition) is 4. The molecule has 21 heavy (non-hydrogen) atoms. The molecule has 1 fully saturated rings. The van der Waals surface area contributed by atoms with E-state index in [1.54, 1.807) is 12.0 Å². The second-order valence-electron chi connectivity index (χ2n) is 5.33. The number of nitrogens with one attached hydrogen (secondary N) is 1. The Bertz CT molecular complexity index is 335. The molecule has 0 saturated carbocycles. The van der Waals surface area contributed by atoms with Gasteiger partial charge in [-0.2, -0.15) is 0 Å². The maximum atomic E-state index is 12.3. The third kappa shape index (κ3) is 5.89. The van der Waals surface area contributed by atoms with Crippen molar-refractivity contribution in [3.8, 4) is 0 Å². The van der Waals surface area contributed by atoms with Gasteiger partial charge in [0.05, 0.1) is 0 Å². The van der Waals surface area contributed by atoms with Crippen LogP contribution in [0.5, 0.6) is 0 Å². The highest BCUT2D eigenvalue weighted by Crippen LogP contribution is 2.19. The average molecular weight is 302 g/mol. The highest BCUT2D eigenvalue weighted by atomic mass is 16.5. The lowest BCUT2D eigenvalue weighted by Gasteiger charge is -2.36. The van der Waals surface area contributed by atoms with Gasteiger partial charge < -0.3 is 25.2 Å². The van der Waals surface area contributed by atoms with Crippen LogP contribution in [0.1, 0.15) is 38.5 Å². The van der Waals surface area contributed by atoms with Crippen LogP contribution in [-0.4, -0.2) is 66.1 Å². The van der Waals surface area contributed by atoms with Gasteiger partial charge in [-0.25, -0.2) is 9.59 Å². The number of aliphatic hydroxyl groups excluding tert-OH is 1. The predicted octanol–water partition coefficient (Wildman–Crippen LogP) is 0.813. The van der Waals surface area contributed by atoms with Gasteiger partial charge in [0.15, 0.2) is 0 Å². The first-order valence-electron chi connectivity index (χ1n) is 7.50. The quantitative estimate of drug-likeness (QED) is 0.576. The lowest BCUT2D eigenvalue weighted by atomic mass is 10.00. The van der Waals surface area contributed by atoms with Crippen molar-refractivity contribution in [1.29, 1.82) is 0 Å². The fourth-order valence-electron chi connectivity index (χ4n) is 2.64. The second kappa shape index (κ2) is 9.57. The number of hydrogen-bond donors (Lipinski definition) is 3. The molecule has 1 aliphatic heterocycles. The number of urea groups is 1. The fraction of sp³-hybridized carbons (Fsp3) is 0.857. The molecule has 0 aliphatic carbocycles. The number of carbonyl (C=O) groups excluding carboxylic acids is 1. The van der Waals surface area contributed by atoms with Gasteiger partial charge in [-0.3, -0.25) is 0 Å². The molecule has 1 saturated heterocycles. The van der Waals surface area contributed by atoms with Crippen LogP contribution in [0.25, 0.3) is 0 Å². The zero-order valence-corrected chi connectivity index (χ0v) is 12.6. The number of carboxylic acid groups (broad SMARTS) is 1. The molecule has 0 radical (unpaired) electrons. The topological polar surface area (TPSA) is 99.1 Å². The molecule has 1 aliphatic rings. The Labute approximate surface area is 125 Å². The standard InChI is InChI=1S/C14H26N2O5/c1-21-10-4-6-12(13(18)19)15-14(20)16-8-3-2-5-11(16)7-9-17/h11-12,17H,2-10H2,1H3,(H,15,20)(H,18,19). The lowest BCUT2D eigenvalue weighted by molar-refractivity contribution is -0.139. The van der Waals surface area contributed by atoms with E-state index in [9.17, 15) is 14.7 Å². The molecular formula is C14H26N2O5. The van der Waals surface area contributed by atoms with Crippen molar-refractivity contribution in [3.05, 3.63) is 0 Å². The molecule has 1 heterocycles. The third-order valence-corrected chi connectivity index (χ3v) is 3.79. The summed E-state index contributed by atoms with van der Waals surface area (Å²) >= 11 is 0. The summed E-state index contributed by atoms with van der Waals surface area (Å²) in [4.78, 5) is 25.1. The number of piperidine rings is 1. The molecule has 0 aromatic carbocycles. The Morgan fingerprint density at radius 2 is 2.19 bits per heavy atom. The van der Waals surface area contributed by atoms with E-state index in [0.717, 1.165) is 19.3 Å². The van der Waals surface area contributed by atoms with E-state index in [0.29, 0.717) is 32.4 Å². The lowest BCUT2D eigenvalue weighted by Crippen LogP contribution is -2.53. The number of nitrogens with zero attached hydrogens (tertiary/aromatic N) is 1. The molecule has 3 N–H and O–H groups in total. The highest BCUT2D eigenvalue weighted by molar-refractivity contribution is 5.82. The second-order valence-corrected chi connectivity index (χ2v) is 5.33. The van der Waals surface area contributed by atoms with Crippen LogP contribution in [0.4, 0.5) is 4.79 Å². The minimum Gasteiger partial charge on any atom is -0.480 e. The van der Waals surface area contributed by atoms with Gasteiger partial charge in [-0.05, 0) is 38.5 Å². The van der Waals surface area contributed by atoms with E-state index in [4.69, 9.17) is 9.84 Å². The van der Waals surface area contributed by atoms with Gasteiger partial charge in [0.2, 0.25) is 0 Å². The number of ether oxygens (including phenoxy) is 1. The van der Waals surface area contributed by atoms with Crippen molar-refractivity contribution >= 4 is 12.0 Å². The Morgan fingerprint density at radius 1 is 1.43 bits per heavy atom. The molecule has 0 aromatic heterocycles. The third-order valence-electron chi connectivity index (χ3n) is 3.79. The molecule has 7 nitrogen and oxygen atoms in total. The summed E-state index contributed by atoms with van der Waals surface area (Å²) in [6, 6.07) is -1.25. The van der Waals surface area contributed by atoms with Crippen molar-refractivity contribution in [2.75, 3.05) is 26.9 Å². The fourth-order valence-corrected chi connectivity index (χ4v) is 2.64. The summed E-state index contributed by atoms with van der Waals surface area (Å²) in [5.41, 5.74) is 0. The number of carbonyl (C=O) groups is 2. The van der Waals surface area contributed by atoms with Crippen molar-refractivity contribution in [3.63, 3.8) is 0 Å². The van der Waals surface area contributed by atoms with Crippen LogP contribution in [0.2, 0.25) is 0 Å². The molecule has 2 atom stereocenters. The summed E-state index contributed by atoms with van der Waals surface area (Å²) < 4.78 is 4.90. The average Bonchev–Trinajstić information content (AvgIpc) is 2.47. The Kier molecular flexibility index (Phi) is 8.07. The molecule has 0 aromatic rings. The zero-order valence-electron chi connectivity index (χ0n) is 12.6. The highest BCUT2D eigenvalue weighted by Gasteiger charge is 2.29. The summed E-state index contributed by atoms with van der Waals surface area (Å²) in [5, 5.41) is 20.8. The number of amides is 2.